The SMILES string of the molecule is CN=C(NCC(c1ccc(C)o1)N1CCOCC1)NC1CCN(CC(F)(F)F)C1. The lowest BCUT2D eigenvalue weighted by atomic mass is 10.1. The van der Waals surface area contributed by atoms with Gasteiger partial charge in [0, 0.05) is 45.8 Å². The summed E-state index contributed by atoms with van der Waals surface area (Å²) in [7, 11) is 1.67. The number of hydrogen-bond donors (Lipinski definition) is 2. The van der Waals surface area contributed by atoms with Crippen LogP contribution in [0.15, 0.2) is 21.5 Å². The highest BCUT2D eigenvalue weighted by Gasteiger charge is 2.34. The van der Waals surface area contributed by atoms with Crippen molar-refractivity contribution in [1.82, 2.24) is 20.4 Å². The number of morpholine rings is 1. The van der Waals surface area contributed by atoms with Gasteiger partial charge >= 0.3 is 6.18 Å². The summed E-state index contributed by atoms with van der Waals surface area (Å²) in [5, 5.41) is 6.57. The molecule has 1 aromatic heterocycles. The molecule has 0 saturated carbocycles. The van der Waals surface area contributed by atoms with Crippen molar-refractivity contribution in [3.05, 3.63) is 23.7 Å². The lowest BCUT2D eigenvalue weighted by Gasteiger charge is -2.33. The molecule has 2 aliphatic rings. The second-order valence-electron chi connectivity index (χ2n) is 7.55. The maximum Gasteiger partial charge on any atom is 0.401 e. The quantitative estimate of drug-likeness (QED) is 0.543. The molecule has 3 rings (SSSR count). The minimum atomic E-state index is -4.17. The van der Waals surface area contributed by atoms with Crippen LogP contribution < -0.4 is 10.6 Å². The van der Waals surface area contributed by atoms with Crippen LogP contribution >= 0.6 is 0 Å². The molecule has 29 heavy (non-hydrogen) atoms. The fraction of sp³-hybridized carbons (Fsp3) is 0.737. The van der Waals surface area contributed by atoms with Crippen LogP contribution in [0.25, 0.3) is 0 Å². The summed E-state index contributed by atoms with van der Waals surface area (Å²) in [6.07, 6.45) is -3.51. The lowest BCUT2D eigenvalue weighted by molar-refractivity contribution is -0.143. The molecule has 2 fully saturated rings. The predicted molar refractivity (Wildman–Crippen MR) is 104 cm³/mol. The Labute approximate surface area is 169 Å². The summed E-state index contributed by atoms with van der Waals surface area (Å²) in [5.74, 6) is 2.33. The highest BCUT2D eigenvalue weighted by molar-refractivity contribution is 5.80. The Kier molecular flexibility index (Phi) is 7.42. The number of ether oxygens (including phenoxy) is 1. The van der Waals surface area contributed by atoms with E-state index < -0.39 is 12.7 Å². The normalized spacial score (nSPS) is 23.3. The molecule has 1 aromatic rings. The van der Waals surface area contributed by atoms with E-state index in [9.17, 15) is 13.2 Å². The first kappa shape index (κ1) is 21.9. The van der Waals surface area contributed by atoms with Crippen LogP contribution in [0.3, 0.4) is 0 Å². The smallest absolute Gasteiger partial charge is 0.401 e. The minimum Gasteiger partial charge on any atom is -0.465 e. The van der Waals surface area contributed by atoms with Gasteiger partial charge in [0.2, 0.25) is 0 Å². The molecule has 2 unspecified atom stereocenters. The zero-order valence-electron chi connectivity index (χ0n) is 17.0. The summed E-state index contributed by atoms with van der Waals surface area (Å²) in [6.45, 7) is 5.39. The van der Waals surface area contributed by atoms with Gasteiger partial charge in [-0.25, -0.2) is 0 Å². The van der Waals surface area contributed by atoms with Crippen LogP contribution in [0.5, 0.6) is 0 Å². The molecule has 0 radical (unpaired) electrons. The van der Waals surface area contributed by atoms with E-state index in [1.54, 1.807) is 7.05 Å². The number of halogens is 3. The monoisotopic (exact) mass is 417 g/mol. The van der Waals surface area contributed by atoms with Gasteiger partial charge in [-0.15, -0.1) is 0 Å². The third-order valence-corrected chi connectivity index (χ3v) is 5.28. The van der Waals surface area contributed by atoms with Crippen LogP contribution in [0.2, 0.25) is 0 Å². The molecule has 0 spiro atoms. The van der Waals surface area contributed by atoms with Crippen molar-refractivity contribution in [3.8, 4) is 0 Å². The van der Waals surface area contributed by atoms with E-state index >= 15 is 0 Å². The van der Waals surface area contributed by atoms with Gasteiger partial charge in [-0.3, -0.25) is 14.8 Å². The minimum absolute atomic E-state index is 0.0245. The largest absolute Gasteiger partial charge is 0.465 e. The number of nitrogens with zero attached hydrogens (tertiary/aromatic N) is 3. The molecule has 164 valence electrons. The number of aliphatic imine (C=N–C) groups is 1. The van der Waals surface area contributed by atoms with Gasteiger partial charge in [0.25, 0.3) is 0 Å². The number of alkyl halides is 3. The number of guanidine groups is 1. The van der Waals surface area contributed by atoms with E-state index in [4.69, 9.17) is 9.15 Å². The van der Waals surface area contributed by atoms with Crippen molar-refractivity contribution in [3.63, 3.8) is 0 Å². The number of nitrogens with one attached hydrogen (secondary N) is 2. The molecule has 2 atom stereocenters. The molecular formula is C19H30F3N5O2. The van der Waals surface area contributed by atoms with E-state index in [0.29, 0.717) is 45.2 Å². The fourth-order valence-corrected chi connectivity index (χ4v) is 3.86. The van der Waals surface area contributed by atoms with Gasteiger partial charge in [0.05, 0.1) is 25.8 Å². The van der Waals surface area contributed by atoms with E-state index in [0.717, 1.165) is 24.6 Å². The van der Waals surface area contributed by atoms with Gasteiger partial charge < -0.3 is 19.8 Å². The Balaban J connectivity index is 1.55. The highest BCUT2D eigenvalue weighted by atomic mass is 19.4. The molecule has 2 saturated heterocycles. The molecule has 7 nitrogen and oxygen atoms in total. The fourth-order valence-electron chi connectivity index (χ4n) is 3.86. The Morgan fingerprint density at radius 2 is 2.03 bits per heavy atom. The number of likely N-dealkylation sites (tertiary alicyclic amines) is 1. The second kappa shape index (κ2) is 9.82. The molecular weight excluding hydrogens is 387 g/mol. The molecule has 3 heterocycles. The van der Waals surface area contributed by atoms with Gasteiger partial charge in [0.1, 0.15) is 11.5 Å². The first-order valence-corrected chi connectivity index (χ1v) is 9.98. The summed E-state index contributed by atoms with van der Waals surface area (Å²) < 4.78 is 49.1. The molecule has 0 aromatic carbocycles. The van der Waals surface area contributed by atoms with Crippen LogP contribution in [-0.2, 0) is 4.74 Å². The zero-order chi connectivity index (χ0) is 20.9. The first-order valence-electron chi connectivity index (χ1n) is 9.98. The van der Waals surface area contributed by atoms with Crippen molar-refractivity contribution in [2.24, 2.45) is 4.99 Å². The topological polar surface area (TPSA) is 65.3 Å². The Bertz CT molecular complexity index is 673. The van der Waals surface area contributed by atoms with Gasteiger partial charge in [-0.1, -0.05) is 0 Å². The van der Waals surface area contributed by atoms with Crippen LogP contribution in [0.1, 0.15) is 24.0 Å². The van der Waals surface area contributed by atoms with Crippen LogP contribution in [-0.4, -0.2) is 87.5 Å². The van der Waals surface area contributed by atoms with Crippen LogP contribution in [0.4, 0.5) is 13.2 Å². The van der Waals surface area contributed by atoms with Crippen LogP contribution in [0, 0.1) is 6.92 Å². The van der Waals surface area contributed by atoms with E-state index in [-0.39, 0.29) is 12.1 Å². The van der Waals surface area contributed by atoms with Crippen molar-refractivity contribution >= 4 is 5.96 Å². The van der Waals surface area contributed by atoms with E-state index in [1.165, 1.54) is 4.90 Å². The first-order chi connectivity index (χ1) is 13.8. The molecule has 0 amide bonds. The molecule has 10 heteroatoms. The van der Waals surface area contributed by atoms with Gasteiger partial charge in [0.15, 0.2) is 5.96 Å². The van der Waals surface area contributed by atoms with E-state index in [1.807, 2.05) is 19.1 Å². The number of furan rings is 1. The maximum atomic E-state index is 12.6. The van der Waals surface area contributed by atoms with Gasteiger partial charge in [-0.05, 0) is 25.5 Å². The summed E-state index contributed by atoms with van der Waals surface area (Å²) >= 11 is 0. The average molecular weight is 417 g/mol. The number of rotatable bonds is 6. The summed E-state index contributed by atoms with van der Waals surface area (Å²) in [5.41, 5.74) is 0. The standard InChI is InChI=1S/C19H30F3N5O2/c1-14-3-4-17(29-14)16(27-7-9-28-10-8-27)11-24-18(23-2)25-15-5-6-26(12-15)13-19(20,21)22/h3-4,15-16H,5-13H2,1-2H3,(H2,23,24,25). The average Bonchev–Trinajstić information content (AvgIpc) is 3.29. The van der Waals surface area contributed by atoms with Crippen molar-refractivity contribution < 1.29 is 22.3 Å². The Morgan fingerprint density at radius 1 is 1.28 bits per heavy atom. The summed E-state index contributed by atoms with van der Waals surface area (Å²) in [6, 6.07) is 3.90. The summed E-state index contributed by atoms with van der Waals surface area (Å²) in [4.78, 5) is 7.98. The highest BCUT2D eigenvalue weighted by Crippen LogP contribution is 2.23. The van der Waals surface area contributed by atoms with Crippen molar-refractivity contribution in [2.45, 2.75) is 31.6 Å². The lowest BCUT2D eigenvalue weighted by Crippen LogP contribution is -2.49. The molecule has 2 N–H and O–H groups in total. The maximum absolute atomic E-state index is 12.6. The van der Waals surface area contributed by atoms with Crippen molar-refractivity contribution in [2.75, 3.05) is 59.5 Å². The van der Waals surface area contributed by atoms with Crippen molar-refractivity contribution in [1.29, 1.82) is 0 Å². The second-order valence-corrected chi connectivity index (χ2v) is 7.55. The zero-order valence-corrected chi connectivity index (χ0v) is 17.0. The molecule has 0 aliphatic carbocycles. The molecule has 2 aliphatic heterocycles. The Hall–Kier alpha value is -1.78. The van der Waals surface area contributed by atoms with E-state index in [2.05, 4.69) is 20.5 Å². The number of aryl methyl sites for hydroxylation is 1. The Morgan fingerprint density at radius 3 is 2.66 bits per heavy atom. The molecule has 0 bridgehead atoms. The third kappa shape index (κ3) is 6.61. The predicted octanol–water partition coefficient (Wildman–Crippen LogP) is 1.76. The number of hydrogen-bond acceptors (Lipinski definition) is 5. The third-order valence-electron chi connectivity index (χ3n) is 5.28. The van der Waals surface area contributed by atoms with Gasteiger partial charge in [-0.2, -0.15) is 13.2 Å².